The highest BCUT2D eigenvalue weighted by Gasteiger charge is 2.26. The molecule has 4 rings (SSSR count). The summed E-state index contributed by atoms with van der Waals surface area (Å²) in [6.07, 6.45) is 7.63. The predicted octanol–water partition coefficient (Wildman–Crippen LogP) is 4.23. The lowest BCUT2D eigenvalue weighted by Crippen LogP contribution is -2.39. The fourth-order valence-corrected chi connectivity index (χ4v) is 4.22. The molecule has 1 aliphatic carbocycles. The van der Waals surface area contributed by atoms with E-state index >= 15 is 0 Å². The second kappa shape index (κ2) is 9.12. The third-order valence-corrected chi connectivity index (χ3v) is 6.40. The molecule has 1 aromatic heterocycles. The van der Waals surface area contributed by atoms with Crippen LogP contribution in [-0.4, -0.2) is 40.3 Å². The summed E-state index contributed by atoms with van der Waals surface area (Å²) in [5.41, 5.74) is 4.38. The fraction of sp³-hybridized carbons (Fsp3) is 0.583. The van der Waals surface area contributed by atoms with Gasteiger partial charge in [0.1, 0.15) is 0 Å². The highest BCUT2D eigenvalue weighted by Crippen LogP contribution is 2.29. The van der Waals surface area contributed by atoms with Gasteiger partial charge in [0, 0.05) is 31.9 Å². The number of piperidine rings is 1. The van der Waals surface area contributed by atoms with Crippen LogP contribution >= 0.6 is 0 Å². The molecule has 1 saturated carbocycles. The number of aromatic nitrogens is 2. The van der Waals surface area contributed by atoms with Crippen molar-refractivity contribution in [1.29, 1.82) is 0 Å². The van der Waals surface area contributed by atoms with Crippen LogP contribution in [0.2, 0.25) is 0 Å². The number of amides is 1. The maximum atomic E-state index is 12.8. The van der Waals surface area contributed by atoms with Crippen molar-refractivity contribution in [2.24, 2.45) is 11.8 Å². The summed E-state index contributed by atoms with van der Waals surface area (Å²) < 4.78 is 7.67. The maximum absolute atomic E-state index is 12.8. The first kappa shape index (κ1) is 20.1. The van der Waals surface area contributed by atoms with Gasteiger partial charge in [0.15, 0.2) is 0 Å². The zero-order valence-corrected chi connectivity index (χ0v) is 17.8. The van der Waals surface area contributed by atoms with Crippen molar-refractivity contribution in [2.75, 3.05) is 19.7 Å². The Bertz CT molecular complexity index is 815. The highest BCUT2D eigenvalue weighted by atomic mass is 16.5. The zero-order chi connectivity index (χ0) is 20.2. The van der Waals surface area contributed by atoms with Gasteiger partial charge in [-0.2, -0.15) is 5.10 Å². The molecule has 1 amide bonds. The number of likely N-dealkylation sites (tertiary alicyclic amines) is 1. The van der Waals surface area contributed by atoms with Crippen molar-refractivity contribution >= 4 is 5.91 Å². The smallest absolute Gasteiger partial charge is 0.257 e. The van der Waals surface area contributed by atoms with E-state index in [-0.39, 0.29) is 5.91 Å². The number of carbonyl (C=O) groups excluding carboxylic acids is 1. The summed E-state index contributed by atoms with van der Waals surface area (Å²) in [5.74, 6) is 1.60. The molecule has 2 fully saturated rings. The number of carbonyl (C=O) groups is 1. The highest BCUT2D eigenvalue weighted by molar-refractivity contribution is 5.95. The topological polar surface area (TPSA) is 47.4 Å². The van der Waals surface area contributed by atoms with Crippen LogP contribution in [0.1, 0.15) is 59.8 Å². The van der Waals surface area contributed by atoms with Crippen LogP contribution in [0.25, 0.3) is 0 Å². The summed E-state index contributed by atoms with van der Waals surface area (Å²) in [4.78, 5) is 14.8. The van der Waals surface area contributed by atoms with Crippen molar-refractivity contribution in [3.63, 3.8) is 0 Å². The van der Waals surface area contributed by atoms with E-state index in [0.717, 1.165) is 69.3 Å². The summed E-state index contributed by atoms with van der Waals surface area (Å²) in [6.45, 7) is 8.15. The van der Waals surface area contributed by atoms with E-state index < -0.39 is 0 Å². The molecule has 2 heterocycles. The Balaban J connectivity index is 1.24. The molecular weight excluding hydrogens is 362 g/mol. The van der Waals surface area contributed by atoms with Crippen molar-refractivity contribution in [1.82, 2.24) is 14.7 Å². The first-order chi connectivity index (χ1) is 14.1. The molecular formula is C24H33N3O2. The first-order valence-electron chi connectivity index (χ1n) is 11.1. The second-order valence-electron chi connectivity index (χ2n) is 8.67. The van der Waals surface area contributed by atoms with E-state index in [4.69, 9.17) is 4.74 Å². The van der Waals surface area contributed by atoms with Gasteiger partial charge < -0.3 is 9.64 Å². The minimum absolute atomic E-state index is 0.135. The molecule has 5 heteroatoms. The molecule has 156 valence electrons. The number of hydrogen-bond donors (Lipinski definition) is 0. The van der Waals surface area contributed by atoms with Gasteiger partial charge in [-0.25, -0.2) is 0 Å². The monoisotopic (exact) mass is 395 g/mol. The van der Waals surface area contributed by atoms with Crippen LogP contribution in [0.15, 0.2) is 30.5 Å². The number of aryl methyl sites for hydroxylation is 1. The number of rotatable bonds is 8. The van der Waals surface area contributed by atoms with Crippen LogP contribution in [0.3, 0.4) is 0 Å². The Morgan fingerprint density at radius 3 is 2.38 bits per heavy atom. The normalized spacial score (nSPS) is 17.7. The maximum Gasteiger partial charge on any atom is 0.257 e. The lowest BCUT2D eigenvalue weighted by molar-refractivity contribution is 0.0689. The van der Waals surface area contributed by atoms with Gasteiger partial charge in [0.05, 0.1) is 18.4 Å². The van der Waals surface area contributed by atoms with Gasteiger partial charge in [-0.1, -0.05) is 24.3 Å². The van der Waals surface area contributed by atoms with Crippen molar-refractivity contribution in [3.8, 4) is 0 Å². The Kier molecular flexibility index (Phi) is 6.34. The first-order valence-corrected chi connectivity index (χ1v) is 11.1. The summed E-state index contributed by atoms with van der Waals surface area (Å²) in [7, 11) is 0. The SMILES string of the molecule is CCn1ncc(C(=O)N2CCC(Cc3ccc(COCC4CC4)cc3)CC2)c1C. The third-order valence-electron chi connectivity index (χ3n) is 6.40. The number of hydrogen-bond acceptors (Lipinski definition) is 3. The molecule has 0 radical (unpaired) electrons. The summed E-state index contributed by atoms with van der Waals surface area (Å²) in [5, 5.41) is 4.32. The third kappa shape index (κ3) is 5.08. The largest absolute Gasteiger partial charge is 0.376 e. The number of nitrogens with zero attached hydrogens (tertiary/aromatic N) is 3. The molecule has 0 N–H and O–H groups in total. The van der Waals surface area contributed by atoms with E-state index in [9.17, 15) is 4.79 Å². The quantitative estimate of drug-likeness (QED) is 0.672. The molecule has 2 aliphatic rings. The van der Waals surface area contributed by atoms with Gasteiger partial charge in [0.25, 0.3) is 5.91 Å². The molecule has 29 heavy (non-hydrogen) atoms. The van der Waals surface area contributed by atoms with E-state index in [0.29, 0.717) is 5.92 Å². The van der Waals surface area contributed by atoms with Crippen molar-refractivity contribution < 1.29 is 9.53 Å². The van der Waals surface area contributed by atoms with E-state index in [1.54, 1.807) is 6.20 Å². The Labute approximate surface area is 174 Å². The summed E-state index contributed by atoms with van der Waals surface area (Å²) >= 11 is 0. The van der Waals surface area contributed by atoms with Gasteiger partial charge in [-0.15, -0.1) is 0 Å². The molecule has 0 spiro atoms. The van der Waals surface area contributed by atoms with Crippen LogP contribution in [0.5, 0.6) is 0 Å². The average molecular weight is 396 g/mol. The van der Waals surface area contributed by atoms with Crippen LogP contribution < -0.4 is 0 Å². The molecule has 0 atom stereocenters. The van der Waals surface area contributed by atoms with Gasteiger partial charge in [0.2, 0.25) is 0 Å². The van der Waals surface area contributed by atoms with Gasteiger partial charge in [-0.05, 0) is 68.9 Å². The standard InChI is InChI=1S/C24H33N3O2/c1-3-27-18(2)23(15-25-27)24(28)26-12-10-20(11-13-26)14-19-4-6-21(7-5-19)16-29-17-22-8-9-22/h4-7,15,20,22H,3,8-14,16-17H2,1-2H3. The Hall–Kier alpha value is -2.14. The molecule has 0 bridgehead atoms. The molecule has 5 nitrogen and oxygen atoms in total. The Morgan fingerprint density at radius 1 is 1.07 bits per heavy atom. The van der Waals surface area contributed by atoms with E-state index in [2.05, 4.69) is 29.4 Å². The minimum atomic E-state index is 0.135. The van der Waals surface area contributed by atoms with E-state index in [1.165, 1.54) is 24.0 Å². The van der Waals surface area contributed by atoms with Crippen LogP contribution in [0.4, 0.5) is 0 Å². The summed E-state index contributed by atoms with van der Waals surface area (Å²) in [6, 6.07) is 8.90. The fourth-order valence-electron chi connectivity index (χ4n) is 4.22. The average Bonchev–Trinajstić information content (AvgIpc) is 3.49. The molecule has 0 unspecified atom stereocenters. The molecule has 1 aliphatic heterocycles. The van der Waals surface area contributed by atoms with Crippen LogP contribution in [0, 0.1) is 18.8 Å². The van der Waals surface area contributed by atoms with E-state index in [1.807, 2.05) is 23.4 Å². The zero-order valence-electron chi connectivity index (χ0n) is 17.8. The number of benzene rings is 1. The lowest BCUT2D eigenvalue weighted by atomic mass is 9.89. The van der Waals surface area contributed by atoms with Crippen molar-refractivity contribution in [3.05, 3.63) is 52.8 Å². The second-order valence-corrected chi connectivity index (χ2v) is 8.67. The molecule has 2 aromatic rings. The molecule has 1 saturated heterocycles. The van der Waals surface area contributed by atoms with Gasteiger partial charge >= 0.3 is 0 Å². The number of ether oxygens (including phenoxy) is 1. The lowest BCUT2D eigenvalue weighted by Gasteiger charge is -2.32. The minimum Gasteiger partial charge on any atom is -0.376 e. The molecule has 1 aromatic carbocycles. The van der Waals surface area contributed by atoms with Crippen LogP contribution in [-0.2, 0) is 24.3 Å². The van der Waals surface area contributed by atoms with Crippen molar-refractivity contribution in [2.45, 2.75) is 59.1 Å². The Morgan fingerprint density at radius 2 is 1.76 bits per heavy atom. The predicted molar refractivity (Wildman–Crippen MR) is 114 cm³/mol. The van der Waals surface area contributed by atoms with Gasteiger partial charge in [-0.3, -0.25) is 9.48 Å².